The summed E-state index contributed by atoms with van der Waals surface area (Å²) in [4.78, 5) is 31.2. The third kappa shape index (κ3) is 15.3. The zero-order valence-electron chi connectivity index (χ0n) is 35.1. The Kier molecular flexibility index (Phi) is 22.1. The van der Waals surface area contributed by atoms with E-state index in [2.05, 4.69) is 41.5 Å². The van der Waals surface area contributed by atoms with Gasteiger partial charge < -0.3 is 30.6 Å². The van der Waals surface area contributed by atoms with Crippen LogP contribution in [0.2, 0.25) is 0 Å². The predicted octanol–water partition coefficient (Wildman–Crippen LogP) is 6.87. The van der Waals surface area contributed by atoms with Gasteiger partial charge in [-0.1, -0.05) is 89.7 Å². The van der Waals surface area contributed by atoms with Crippen LogP contribution in [-0.2, 0) is 23.8 Å². The molecule has 0 bridgehead atoms. The highest BCUT2D eigenvalue weighted by Gasteiger charge is 2.60. The van der Waals surface area contributed by atoms with Crippen LogP contribution in [0.25, 0.3) is 0 Å². The van der Waals surface area contributed by atoms with Crippen molar-refractivity contribution < 1.29 is 23.8 Å². The summed E-state index contributed by atoms with van der Waals surface area (Å²) in [5, 5.41) is 7.64. The lowest BCUT2D eigenvalue weighted by Gasteiger charge is -2.56. The number of nitrogens with two attached hydrogens (primary N) is 2. The number of ether oxygens (including phenoxy) is 3. The van der Waals surface area contributed by atoms with E-state index in [1.54, 1.807) is 0 Å². The molecule has 1 spiro atoms. The molecule has 7 atom stereocenters. The lowest BCUT2D eigenvalue weighted by atomic mass is 9.79. The van der Waals surface area contributed by atoms with Crippen LogP contribution in [0, 0.1) is 5.92 Å². The van der Waals surface area contributed by atoms with Crippen LogP contribution in [0.15, 0.2) is 12.2 Å². The second-order valence-electron chi connectivity index (χ2n) is 17.0. The zero-order valence-corrected chi connectivity index (χ0v) is 35.1. The Bertz CT molecular complexity index is 1100. The first-order valence-corrected chi connectivity index (χ1v) is 23.0. The topological polar surface area (TPSA) is 144 Å². The van der Waals surface area contributed by atoms with Crippen LogP contribution in [0.1, 0.15) is 168 Å². The number of carbonyl (C=O) groups is 2. The van der Waals surface area contributed by atoms with Gasteiger partial charge in [-0.2, -0.15) is 0 Å². The molecule has 0 radical (unpaired) electrons. The molecule has 3 saturated heterocycles. The maximum atomic E-state index is 14.1. The van der Waals surface area contributed by atoms with Crippen molar-refractivity contribution >= 4 is 11.9 Å². The molecule has 0 aromatic rings. The summed E-state index contributed by atoms with van der Waals surface area (Å²) in [6.07, 6.45) is 30.5. The largest absolute Gasteiger partial charge is 0.465 e. The highest BCUT2D eigenvalue weighted by molar-refractivity contribution is 5.76. The number of nitrogens with zero attached hydrogens (tertiary/aromatic N) is 2. The van der Waals surface area contributed by atoms with E-state index in [-0.39, 0.29) is 48.4 Å². The fraction of sp³-hybridized carbons (Fsp3) is 0.909. The summed E-state index contributed by atoms with van der Waals surface area (Å²) in [5.74, 6) is -0.166. The van der Waals surface area contributed by atoms with Crippen molar-refractivity contribution in [1.29, 1.82) is 0 Å². The minimum atomic E-state index is -0.705. The maximum Gasteiger partial charge on any atom is 0.314 e. The van der Waals surface area contributed by atoms with E-state index in [1.807, 2.05) is 4.90 Å². The van der Waals surface area contributed by atoms with Gasteiger partial charge in [-0.05, 0) is 97.1 Å². The predicted molar refractivity (Wildman–Crippen MR) is 222 cm³/mol. The van der Waals surface area contributed by atoms with Gasteiger partial charge in [0.15, 0.2) is 0 Å². The van der Waals surface area contributed by atoms with E-state index < -0.39 is 5.72 Å². The van der Waals surface area contributed by atoms with Crippen molar-refractivity contribution in [3.05, 3.63) is 12.2 Å². The van der Waals surface area contributed by atoms with Gasteiger partial charge >= 0.3 is 5.97 Å². The van der Waals surface area contributed by atoms with E-state index in [0.717, 1.165) is 110 Å². The minimum Gasteiger partial charge on any atom is -0.465 e. The summed E-state index contributed by atoms with van der Waals surface area (Å²) in [6, 6.07) is 0.313. The molecule has 55 heavy (non-hydrogen) atoms. The third-order valence-electron chi connectivity index (χ3n) is 12.5. The number of unbranched alkanes of at least 4 members (excludes halogenated alkanes) is 13. The van der Waals surface area contributed by atoms with E-state index in [9.17, 15) is 9.59 Å². The van der Waals surface area contributed by atoms with E-state index >= 15 is 0 Å². The van der Waals surface area contributed by atoms with Crippen LogP contribution in [0.4, 0.5) is 0 Å². The van der Waals surface area contributed by atoms with Crippen LogP contribution in [0.5, 0.6) is 0 Å². The molecule has 4 aliphatic heterocycles. The number of carbonyl (C=O) groups excluding carboxylic acids is 2. The van der Waals surface area contributed by atoms with Crippen LogP contribution < -0.4 is 22.1 Å². The Morgan fingerprint density at radius 3 is 2.22 bits per heavy atom. The minimum absolute atomic E-state index is 0.0592. The number of nitrogens with one attached hydrogen (secondary N) is 2. The van der Waals surface area contributed by atoms with Crippen molar-refractivity contribution in [3.63, 3.8) is 0 Å². The van der Waals surface area contributed by atoms with Crippen LogP contribution >= 0.6 is 0 Å². The SMILES string of the molecule is CC[C@@H]1/C=C\CCNC2N[C@]3(CCC[C@H](C)O3)C(C(=O)OCCCCCCCCCCCCCCCC(=O)N(CCCN)CCCCN)[C@@H]3CC[C@H](CO1)N23. The van der Waals surface area contributed by atoms with Gasteiger partial charge in [0.05, 0.1) is 25.4 Å². The monoisotopic (exact) mass is 775 g/mol. The Labute approximate surface area is 335 Å². The molecule has 0 saturated carbocycles. The molecule has 4 rings (SSSR count). The van der Waals surface area contributed by atoms with Gasteiger partial charge in [0.1, 0.15) is 17.9 Å². The fourth-order valence-electron chi connectivity index (χ4n) is 9.45. The number of rotatable bonds is 25. The Hall–Kier alpha value is -1.60. The molecular formula is C44H82N6O5. The molecule has 4 aliphatic rings. The first-order valence-electron chi connectivity index (χ1n) is 23.0. The number of hydrogen-bond acceptors (Lipinski definition) is 10. The van der Waals surface area contributed by atoms with Gasteiger partial charge in [0.25, 0.3) is 0 Å². The molecule has 318 valence electrons. The van der Waals surface area contributed by atoms with Gasteiger partial charge in [0.2, 0.25) is 5.91 Å². The number of hydrogen-bond donors (Lipinski definition) is 4. The summed E-state index contributed by atoms with van der Waals surface area (Å²) in [7, 11) is 0. The molecule has 0 aromatic carbocycles. The average Bonchev–Trinajstić information content (AvgIpc) is 3.58. The average molecular weight is 775 g/mol. The highest BCUT2D eigenvalue weighted by Crippen LogP contribution is 2.45. The molecule has 0 aliphatic carbocycles. The van der Waals surface area contributed by atoms with E-state index in [1.165, 1.54) is 57.8 Å². The molecule has 11 nitrogen and oxygen atoms in total. The fourth-order valence-corrected chi connectivity index (χ4v) is 9.45. The third-order valence-corrected chi connectivity index (χ3v) is 12.5. The zero-order chi connectivity index (χ0) is 39.1. The molecule has 1 amide bonds. The van der Waals surface area contributed by atoms with Crippen LogP contribution in [-0.4, -0.2) is 104 Å². The number of esters is 1. The lowest BCUT2D eigenvalue weighted by Crippen LogP contribution is -2.77. The molecule has 11 heteroatoms. The Balaban J connectivity index is 1.08. The summed E-state index contributed by atoms with van der Waals surface area (Å²) >= 11 is 0. The van der Waals surface area contributed by atoms with E-state index in [4.69, 9.17) is 25.7 Å². The van der Waals surface area contributed by atoms with Crippen molar-refractivity contribution in [1.82, 2.24) is 20.4 Å². The van der Waals surface area contributed by atoms with Gasteiger partial charge in [-0.15, -0.1) is 0 Å². The maximum absolute atomic E-state index is 14.1. The van der Waals surface area contributed by atoms with Crippen molar-refractivity contribution in [3.8, 4) is 0 Å². The highest BCUT2D eigenvalue weighted by atomic mass is 16.6. The Morgan fingerprint density at radius 1 is 0.873 bits per heavy atom. The lowest BCUT2D eigenvalue weighted by molar-refractivity contribution is -0.234. The van der Waals surface area contributed by atoms with Crippen molar-refractivity contribution in [2.24, 2.45) is 17.4 Å². The number of amides is 1. The molecule has 4 heterocycles. The molecule has 0 aromatic heterocycles. The second kappa shape index (κ2) is 26.4. The molecular weight excluding hydrogens is 693 g/mol. The Morgan fingerprint density at radius 2 is 1.55 bits per heavy atom. The standard InChI is InChI=1S/C44H82N6O5/c1-3-38-24-16-18-31-47-43-48-44(28-21-23-36(2)55-44)41(39-27-26-37(35-54-38)50(39)43)42(52)53-34-20-14-12-10-8-6-4-5-7-9-11-13-15-25-40(51)49(33-22-30-46)32-19-17-29-45/h16,24,36-39,41,43,47-48H,3-15,17-23,25-35,45-46H2,1-2H3/b24-16-/t36-,37+,38+,39-,41?,43?,44-/m0/s1. The first-order chi connectivity index (χ1) is 26.9. The van der Waals surface area contributed by atoms with E-state index in [0.29, 0.717) is 32.7 Å². The smallest absolute Gasteiger partial charge is 0.314 e. The van der Waals surface area contributed by atoms with Gasteiger partial charge in [0, 0.05) is 38.1 Å². The summed E-state index contributed by atoms with van der Waals surface area (Å²) in [5.41, 5.74) is 10.6. The first kappa shape index (κ1) is 46.1. The summed E-state index contributed by atoms with van der Waals surface area (Å²) < 4.78 is 19.3. The molecule has 3 fully saturated rings. The second-order valence-corrected chi connectivity index (χ2v) is 17.0. The molecule has 2 unspecified atom stereocenters. The summed E-state index contributed by atoms with van der Waals surface area (Å²) in [6.45, 7) is 9.24. The van der Waals surface area contributed by atoms with Crippen LogP contribution in [0.3, 0.4) is 0 Å². The quantitative estimate of drug-likeness (QED) is 0.0441. The van der Waals surface area contributed by atoms with Crippen molar-refractivity contribution in [2.45, 2.75) is 204 Å². The van der Waals surface area contributed by atoms with Crippen molar-refractivity contribution in [2.75, 3.05) is 45.9 Å². The van der Waals surface area contributed by atoms with Gasteiger partial charge in [-0.25, -0.2) is 0 Å². The normalized spacial score (nSPS) is 29.1. The molecule has 6 N–H and O–H groups in total. The van der Waals surface area contributed by atoms with Gasteiger partial charge in [-0.3, -0.25) is 25.1 Å².